The molecular formula is C28H25N5O4S2. The predicted octanol–water partition coefficient (Wildman–Crippen LogP) is 4.47. The van der Waals surface area contributed by atoms with Gasteiger partial charge in [-0.2, -0.15) is 0 Å². The average Bonchev–Trinajstić information content (AvgIpc) is 3.68. The molecule has 0 aliphatic carbocycles. The van der Waals surface area contributed by atoms with Crippen molar-refractivity contribution < 1.29 is 19.5 Å². The highest BCUT2D eigenvalue weighted by Crippen LogP contribution is 2.40. The molecule has 0 saturated heterocycles. The van der Waals surface area contributed by atoms with E-state index in [4.69, 9.17) is 5.11 Å². The first-order chi connectivity index (χ1) is 18.9. The Bertz CT molecular complexity index is 1600. The van der Waals surface area contributed by atoms with Crippen LogP contribution in [0.1, 0.15) is 41.3 Å². The first kappa shape index (κ1) is 25.4. The number of thiazole rings is 2. The second-order valence-electron chi connectivity index (χ2n) is 9.52. The Balaban J connectivity index is 1.26. The molecule has 2 amide bonds. The maximum Gasteiger partial charge on any atom is 0.317 e. The summed E-state index contributed by atoms with van der Waals surface area (Å²) in [6.45, 7) is 3.65. The zero-order valence-electron chi connectivity index (χ0n) is 21.1. The summed E-state index contributed by atoms with van der Waals surface area (Å²) >= 11 is 2.66. The Morgan fingerprint density at radius 2 is 1.87 bits per heavy atom. The Labute approximate surface area is 232 Å². The van der Waals surface area contributed by atoms with Crippen molar-refractivity contribution in [3.05, 3.63) is 79.7 Å². The molecule has 0 radical (unpaired) electrons. The van der Waals surface area contributed by atoms with Gasteiger partial charge in [-0.3, -0.25) is 19.3 Å². The number of carbonyl (C=O) groups is 3. The van der Waals surface area contributed by atoms with Gasteiger partial charge in [-0.15, -0.1) is 22.7 Å². The van der Waals surface area contributed by atoms with Crippen LogP contribution in [0.5, 0.6) is 0 Å². The van der Waals surface area contributed by atoms with Crippen LogP contribution in [0.2, 0.25) is 0 Å². The van der Waals surface area contributed by atoms with Gasteiger partial charge in [0.25, 0.3) is 11.8 Å². The molecule has 0 fully saturated rings. The SMILES string of the molecule is Cc1c(NC(=O)c2nccs2)cccc1-c1cccc2c1CCN2C(=O)c1nc2c(s1)CN(CC(=O)O)CC2. The maximum absolute atomic E-state index is 13.6. The van der Waals surface area contributed by atoms with E-state index in [0.717, 1.165) is 44.2 Å². The summed E-state index contributed by atoms with van der Waals surface area (Å²) < 4.78 is 0. The lowest BCUT2D eigenvalue weighted by molar-refractivity contribution is -0.138. The van der Waals surface area contributed by atoms with E-state index < -0.39 is 5.97 Å². The second-order valence-corrected chi connectivity index (χ2v) is 11.5. The second kappa shape index (κ2) is 10.3. The van der Waals surface area contributed by atoms with Crippen molar-refractivity contribution in [2.24, 2.45) is 0 Å². The average molecular weight is 560 g/mol. The van der Waals surface area contributed by atoms with Gasteiger partial charge >= 0.3 is 5.97 Å². The molecule has 0 atom stereocenters. The maximum atomic E-state index is 13.6. The van der Waals surface area contributed by atoms with E-state index in [1.165, 1.54) is 22.7 Å². The molecule has 11 heteroatoms. The first-order valence-corrected chi connectivity index (χ1v) is 14.3. The summed E-state index contributed by atoms with van der Waals surface area (Å²) in [6, 6.07) is 11.8. The van der Waals surface area contributed by atoms with Crippen molar-refractivity contribution in [1.82, 2.24) is 14.9 Å². The number of benzene rings is 2. The first-order valence-electron chi connectivity index (χ1n) is 12.6. The van der Waals surface area contributed by atoms with Crippen LogP contribution >= 0.6 is 22.7 Å². The Hall–Kier alpha value is -3.93. The number of fused-ring (bicyclic) bond motifs is 2. The predicted molar refractivity (Wildman–Crippen MR) is 151 cm³/mol. The molecular weight excluding hydrogens is 534 g/mol. The highest BCUT2D eigenvalue weighted by molar-refractivity contribution is 7.13. The van der Waals surface area contributed by atoms with Crippen molar-refractivity contribution >= 4 is 51.8 Å². The fourth-order valence-corrected chi connectivity index (χ4v) is 6.88. The number of hydrogen-bond acceptors (Lipinski definition) is 8. The van der Waals surface area contributed by atoms with Gasteiger partial charge in [0.2, 0.25) is 0 Å². The summed E-state index contributed by atoms with van der Waals surface area (Å²) in [7, 11) is 0. The van der Waals surface area contributed by atoms with E-state index in [2.05, 4.69) is 21.4 Å². The molecule has 4 heterocycles. The largest absolute Gasteiger partial charge is 0.480 e. The number of aliphatic carboxylic acids is 1. The van der Waals surface area contributed by atoms with Gasteiger partial charge in [-0.1, -0.05) is 24.3 Å². The zero-order valence-corrected chi connectivity index (χ0v) is 22.8. The van der Waals surface area contributed by atoms with Gasteiger partial charge in [0.1, 0.15) is 0 Å². The fraction of sp³-hybridized carbons (Fsp3) is 0.250. The van der Waals surface area contributed by atoms with Crippen molar-refractivity contribution in [2.45, 2.75) is 26.3 Å². The number of nitrogens with zero attached hydrogens (tertiary/aromatic N) is 4. The Kier molecular flexibility index (Phi) is 6.71. The fourth-order valence-electron chi connectivity index (χ4n) is 5.25. The van der Waals surface area contributed by atoms with Gasteiger partial charge in [0.15, 0.2) is 10.0 Å². The van der Waals surface area contributed by atoms with Crippen molar-refractivity contribution in [3.8, 4) is 11.1 Å². The zero-order chi connectivity index (χ0) is 27.1. The third-order valence-electron chi connectivity index (χ3n) is 7.12. The third kappa shape index (κ3) is 4.84. The van der Waals surface area contributed by atoms with Gasteiger partial charge in [-0.05, 0) is 47.7 Å². The van der Waals surface area contributed by atoms with E-state index in [1.807, 2.05) is 42.2 Å². The molecule has 0 unspecified atom stereocenters. The molecule has 2 aromatic carbocycles. The van der Waals surface area contributed by atoms with Gasteiger partial charge in [-0.25, -0.2) is 9.97 Å². The lowest BCUT2D eigenvalue weighted by Gasteiger charge is -2.23. The lowest BCUT2D eigenvalue weighted by atomic mass is 9.93. The summed E-state index contributed by atoms with van der Waals surface area (Å²) in [4.78, 5) is 50.7. The van der Waals surface area contributed by atoms with Gasteiger partial charge in [0.05, 0.1) is 12.2 Å². The van der Waals surface area contributed by atoms with E-state index in [9.17, 15) is 14.4 Å². The molecule has 2 N–H and O–H groups in total. The summed E-state index contributed by atoms with van der Waals surface area (Å²) in [5.41, 5.74) is 6.56. The van der Waals surface area contributed by atoms with Gasteiger partial charge < -0.3 is 15.3 Å². The highest BCUT2D eigenvalue weighted by atomic mass is 32.1. The van der Waals surface area contributed by atoms with Crippen LogP contribution in [-0.4, -0.2) is 57.4 Å². The molecule has 4 aromatic rings. The smallest absolute Gasteiger partial charge is 0.317 e. The standard InChI is InChI=1S/C28H25N5O4S2/c1-16-17(4-2-6-20(16)30-25(36)26-29-10-13-38-26)18-5-3-7-22-19(18)8-12-33(22)28(37)27-31-21-9-11-32(15-24(34)35)14-23(21)39-27/h2-7,10,13H,8-9,11-12,14-15H2,1H3,(H,30,36)(H,34,35). The molecule has 198 valence electrons. The summed E-state index contributed by atoms with van der Waals surface area (Å²) in [5, 5.41) is 14.7. The van der Waals surface area contributed by atoms with Crippen LogP contribution in [0, 0.1) is 6.92 Å². The number of anilines is 2. The number of rotatable bonds is 6. The quantitative estimate of drug-likeness (QED) is 0.358. The van der Waals surface area contributed by atoms with E-state index in [-0.39, 0.29) is 18.4 Å². The molecule has 6 rings (SSSR count). The Morgan fingerprint density at radius 3 is 2.67 bits per heavy atom. The topological polar surface area (TPSA) is 116 Å². The van der Waals surface area contributed by atoms with Gasteiger partial charge in [0, 0.05) is 53.9 Å². The van der Waals surface area contributed by atoms with Crippen LogP contribution < -0.4 is 10.2 Å². The van der Waals surface area contributed by atoms with E-state index in [0.29, 0.717) is 42.5 Å². The highest BCUT2D eigenvalue weighted by Gasteiger charge is 2.31. The van der Waals surface area contributed by atoms with Crippen LogP contribution in [0.3, 0.4) is 0 Å². The van der Waals surface area contributed by atoms with E-state index >= 15 is 0 Å². The molecule has 39 heavy (non-hydrogen) atoms. The number of aromatic nitrogens is 2. The van der Waals surface area contributed by atoms with Crippen LogP contribution in [0.4, 0.5) is 11.4 Å². The van der Waals surface area contributed by atoms with Crippen LogP contribution in [0.25, 0.3) is 11.1 Å². The molecule has 2 aliphatic rings. The minimum Gasteiger partial charge on any atom is -0.480 e. The monoisotopic (exact) mass is 559 g/mol. The number of carboxylic acid groups (broad SMARTS) is 1. The molecule has 2 aliphatic heterocycles. The van der Waals surface area contributed by atoms with Crippen LogP contribution in [-0.2, 0) is 24.2 Å². The number of amides is 2. The number of hydrogen-bond donors (Lipinski definition) is 2. The lowest BCUT2D eigenvalue weighted by Crippen LogP contribution is -2.34. The summed E-state index contributed by atoms with van der Waals surface area (Å²) in [5.74, 6) is -1.22. The number of carboxylic acids is 1. The van der Waals surface area contributed by atoms with Crippen molar-refractivity contribution in [1.29, 1.82) is 0 Å². The minimum atomic E-state index is -0.855. The minimum absolute atomic E-state index is 0.0158. The van der Waals surface area contributed by atoms with Crippen LogP contribution in [0.15, 0.2) is 48.0 Å². The molecule has 0 saturated carbocycles. The number of nitrogens with one attached hydrogen (secondary N) is 1. The summed E-state index contributed by atoms with van der Waals surface area (Å²) in [6.07, 6.45) is 2.96. The Morgan fingerprint density at radius 1 is 1.05 bits per heavy atom. The van der Waals surface area contributed by atoms with E-state index in [1.54, 1.807) is 16.5 Å². The molecule has 9 nitrogen and oxygen atoms in total. The van der Waals surface area contributed by atoms with Crippen molar-refractivity contribution in [3.63, 3.8) is 0 Å². The normalized spacial score (nSPS) is 14.6. The van der Waals surface area contributed by atoms with Crippen molar-refractivity contribution in [2.75, 3.05) is 29.9 Å². The number of carbonyl (C=O) groups excluding carboxylic acids is 2. The molecule has 0 spiro atoms. The third-order valence-corrected chi connectivity index (χ3v) is 8.97. The molecule has 0 bridgehead atoms. The molecule has 2 aromatic heterocycles.